The number of hydrogen-bond acceptors (Lipinski definition) is 2. The van der Waals surface area contributed by atoms with Crippen LogP contribution in [-0.4, -0.2) is 22.6 Å². The van der Waals surface area contributed by atoms with E-state index in [1.807, 2.05) is 6.92 Å². The maximum absolute atomic E-state index is 10.2. The van der Waals surface area contributed by atoms with Crippen molar-refractivity contribution in [2.24, 2.45) is 0 Å². The highest BCUT2D eigenvalue weighted by molar-refractivity contribution is 7.80. The van der Waals surface area contributed by atoms with E-state index in [0.29, 0.717) is 19.1 Å². The van der Waals surface area contributed by atoms with Crippen LogP contribution < -0.4 is 5.32 Å². The minimum absolute atomic E-state index is 0.356. The number of thiocarbonyl (C=S) groups is 1. The summed E-state index contributed by atoms with van der Waals surface area (Å²) in [6.07, 6.45) is 1.89. The lowest BCUT2D eigenvalue weighted by molar-refractivity contribution is 0.501. The van der Waals surface area contributed by atoms with E-state index in [1.54, 1.807) is 0 Å². The Morgan fingerprint density at radius 3 is 2.82 bits per heavy atom. The molecule has 11 heavy (non-hydrogen) atoms. The monoisotopic (exact) mass is 194 g/mol. The Morgan fingerprint density at radius 2 is 2.36 bits per heavy atom. The van der Waals surface area contributed by atoms with Crippen LogP contribution in [0.5, 0.6) is 0 Å². The van der Waals surface area contributed by atoms with Gasteiger partial charge in [0, 0.05) is 13.0 Å². The molecule has 0 aromatic heterocycles. The van der Waals surface area contributed by atoms with Crippen molar-refractivity contribution in [1.82, 2.24) is 5.32 Å². The van der Waals surface area contributed by atoms with E-state index < -0.39 is 8.03 Å². The molecule has 0 fully saturated rings. The van der Waals surface area contributed by atoms with Gasteiger partial charge in [-0.25, -0.2) is 0 Å². The second kappa shape index (κ2) is 6.65. The predicted molar refractivity (Wildman–Crippen MR) is 50.2 cm³/mol. The van der Waals surface area contributed by atoms with Crippen molar-refractivity contribution in [3.8, 4) is 0 Å². The summed E-state index contributed by atoms with van der Waals surface area (Å²) in [7, 11) is -1.97. The highest BCUT2D eigenvalue weighted by atomic mass is 32.1. The van der Waals surface area contributed by atoms with E-state index in [9.17, 15) is 4.57 Å². The highest BCUT2D eigenvalue weighted by Gasteiger charge is 2.07. The van der Waals surface area contributed by atoms with E-state index in [4.69, 9.17) is 17.1 Å². The third kappa shape index (κ3) is 7.85. The Bertz CT molecular complexity index is 152. The normalized spacial score (nSPS) is 10.9. The molecule has 0 aromatic rings. The summed E-state index contributed by atoms with van der Waals surface area (Å²) in [5.74, 6) is 0. The standard InChI is InChI=1S/C6H12NO2PS/c1-2-6(11)7-4-3-5-10(8)9/h2-5H2,1H3,(H-,7,8,9,11)/p+1. The second-order valence-electron chi connectivity index (χ2n) is 2.13. The summed E-state index contributed by atoms with van der Waals surface area (Å²) in [5.41, 5.74) is 0. The molecule has 0 heterocycles. The van der Waals surface area contributed by atoms with Crippen molar-refractivity contribution in [2.75, 3.05) is 12.7 Å². The molecule has 0 aliphatic heterocycles. The second-order valence-corrected chi connectivity index (χ2v) is 3.78. The molecule has 1 unspecified atom stereocenters. The van der Waals surface area contributed by atoms with E-state index in [0.717, 1.165) is 11.4 Å². The van der Waals surface area contributed by atoms with Crippen molar-refractivity contribution in [1.29, 1.82) is 0 Å². The van der Waals surface area contributed by atoms with E-state index in [2.05, 4.69) is 5.32 Å². The van der Waals surface area contributed by atoms with Gasteiger partial charge in [-0.2, -0.15) is 4.89 Å². The van der Waals surface area contributed by atoms with Crippen LogP contribution in [0.25, 0.3) is 0 Å². The molecule has 64 valence electrons. The van der Waals surface area contributed by atoms with Crippen LogP contribution in [0.15, 0.2) is 0 Å². The summed E-state index contributed by atoms with van der Waals surface area (Å²) < 4.78 is 10.2. The molecule has 0 aromatic carbocycles. The van der Waals surface area contributed by atoms with Gasteiger partial charge in [0.1, 0.15) is 0 Å². The molecule has 3 nitrogen and oxygen atoms in total. The third-order valence-electron chi connectivity index (χ3n) is 1.17. The molecule has 0 rings (SSSR count). The van der Waals surface area contributed by atoms with Crippen molar-refractivity contribution in [3.63, 3.8) is 0 Å². The lowest BCUT2D eigenvalue weighted by Crippen LogP contribution is -2.21. The van der Waals surface area contributed by atoms with Gasteiger partial charge in [-0.1, -0.05) is 19.1 Å². The zero-order chi connectivity index (χ0) is 8.69. The van der Waals surface area contributed by atoms with Crippen LogP contribution in [-0.2, 0) is 4.57 Å². The first-order valence-electron chi connectivity index (χ1n) is 3.57. The minimum atomic E-state index is -1.97. The van der Waals surface area contributed by atoms with Gasteiger partial charge in [-0.15, -0.1) is 0 Å². The summed E-state index contributed by atoms with van der Waals surface area (Å²) in [6, 6.07) is 0. The molecule has 0 spiro atoms. The molecule has 0 radical (unpaired) electrons. The van der Waals surface area contributed by atoms with Gasteiger partial charge in [-0.05, 0) is 11.0 Å². The van der Waals surface area contributed by atoms with Gasteiger partial charge < -0.3 is 5.32 Å². The van der Waals surface area contributed by atoms with E-state index in [1.165, 1.54) is 0 Å². The Kier molecular flexibility index (Phi) is 6.62. The molecule has 0 aliphatic rings. The largest absolute Gasteiger partial charge is 0.505 e. The smallest absolute Gasteiger partial charge is 0.380 e. The van der Waals surface area contributed by atoms with Gasteiger partial charge in [0.05, 0.1) is 4.99 Å². The molecule has 0 saturated heterocycles. The fraction of sp³-hybridized carbons (Fsp3) is 0.833. The average Bonchev–Trinajstić information content (AvgIpc) is 1.97. The van der Waals surface area contributed by atoms with Crippen LogP contribution in [0, 0.1) is 0 Å². The molecule has 0 bridgehead atoms. The third-order valence-corrected chi connectivity index (χ3v) is 2.30. The fourth-order valence-corrected chi connectivity index (χ4v) is 1.10. The quantitative estimate of drug-likeness (QED) is 0.395. The lowest BCUT2D eigenvalue weighted by atomic mass is 10.4. The highest BCUT2D eigenvalue weighted by Crippen LogP contribution is 2.12. The molecule has 0 saturated carbocycles. The Hall–Kier alpha value is -0.0500. The Labute approximate surface area is 73.1 Å². The summed E-state index contributed by atoms with van der Waals surface area (Å²) in [5, 5.41) is 2.98. The molecule has 2 N–H and O–H groups in total. The average molecular weight is 194 g/mol. The van der Waals surface area contributed by atoms with Gasteiger partial charge >= 0.3 is 8.03 Å². The molecule has 5 heteroatoms. The maximum Gasteiger partial charge on any atom is 0.505 e. The van der Waals surface area contributed by atoms with Crippen molar-refractivity contribution in [2.45, 2.75) is 19.8 Å². The summed E-state index contributed by atoms with van der Waals surface area (Å²) >= 11 is 4.89. The van der Waals surface area contributed by atoms with Crippen molar-refractivity contribution >= 4 is 25.2 Å². The van der Waals surface area contributed by atoms with Gasteiger partial charge in [0.25, 0.3) is 0 Å². The number of rotatable bonds is 5. The zero-order valence-corrected chi connectivity index (χ0v) is 8.25. The molecule has 0 amide bonds. The first-order valence-corrected chi connectivity index (χ1v) is 5.37. The molecular weight excluding hydrogens is 181 g/mol. The van der Waals surface area contributed by atoms with Crippen LogP contribution in [0.3, 0.4) is 0 Å². The van der Waals surface area contributed by atoms with Gasteiger partial charge in [0.2, 0.25) is 0 Å². The summed E-state index contributed by atoms with van der Waals surface area (Å²) in [4.78, 5) is 9.24. The maximum atomic E-state index is 10.2. The van der Waals surface area contributed by atoms with Crippen LogP contribution in [0.2, 0.25) is 0 Å². The van der Waals surface area contributed by atoms with Gasteiger partial charge in [-0.3, -0.25) is 0 Å². The van der Waals surface area contributed by atoms with Crippen molar-refractivity contribution in [3.05, 3.63) is 0 Å². The predicted octanol–water partition coefficient (Wildman–Crippen LogP) is 1.44. The Balaban J connectivity index is 3.14. The van der Waals surface area contributed by atoms with Crippen LogP contribution in [0.4, 0.5) is 0 Å². The number of nitrogens with one attached hydrogen (secondary N) is 1. The molecule has 1 atom stereocenters. The van der Waals surface area contributed by atoms with Gasteiger partial charge in [0.15, 0.2) is 6.16 Å². The van der Waals surface area contributed by atoms with Crippen molar-refractivity contribution < 1.29 is 9.46 Å². The first kappa shape index (κ1) is 11.0. The first-order chi connectivity index (χ1) is 5.16. The lowest BCUT2D eigenvalue weighted by Gasteiger charge is -2.01. The topological polar surface area (TPSA) is 49.3 Å². The minimum Gasteiger partial charge on any atom is -0.380 e. The van der Waals surface area contributed by atoms with Crippen LogP contribution >= 0.6 is 20.2 Å². The van der Waals surface area contributed by atoms with E-state index in [-0.39, 0.29) is 0 Å². The van der Waals surface area contributed by atoms with E-state index >= 15 is 0 Å². The molecule has 0 aliphatic carbocycles. The Morgan fingerprint density at radius 1 is 1.73 bits per heavy atom. The molecular formula is C6H13NO2PS+. The number of hydrogen-bond donors (Lipinski definition) is 2. The SMILES string of the molecule is CCC(=S)NCCC[P+](=O)O. The fourth-order valence-electron chi connectivity index (χ4n) is 0.567. The van der Waals surface area contributed by atoms with Crippen LogP contribution in [0.1, 0.15) is 19.8 Å². The zero-order valence-electron chi connectivity index (χ0n) is 6.54. The summed E-state index contributed by atoms with van der Waals surface area (Å²) in [6.45, 7) is 2.68.